The second-order valence-corrected chi connectivity index (χ2v) is 6.38. The second kappa shape index (κ2) is 4.17. The first kappa shape index (κ1) is 13.2. The number of rotatable bonds is 0. The van der Waals surface area contributed by atoms with Crippen molar-refractivity contribution in [2.45, 2.75) is 47.8 Å². The number of aliphatic imine (C=N–C) groups is 1. The van der Waals surface area contributed by atoms with Crippen LogP contribution >= 0.6 is 0 Å². The lowest BCUT2D eigenvalue weighted by molar-refractivity contribution is 0.230. The van der Waals surface area contributed by atoms with Gasteiger partial charge in [0.05, 0.1) is 0 Å². The highest BCUT2D eigenvalue weighted by molar-refractivity contribution is 5.99. The van der Waals surface area contributed by atoms with E-state index >= 15 is 0 Å². The Morgan fingerprint density at radius 3 is 2.00 bits per heavy atom. The highest BCUT2D eigenvalue weighted by atomic mass is 16.3. The fourth-order valence-corrected chi connectivity index (χ4v) is 1.55. The minimum atomic E-state index is -0.724. The Kier molecular flexibility index (Phi) is 3.44. The molecule has 1 N–H and O–H groups in total. The molecule has 1 rings (SSSR count). The molecular formula is C14H23NO. The first-order chi connectivity index (χ1) is 7.10. The van der Waals surface area contributed by atoms with Crippen LogP contribution in [0.1, 0.15) is 41.5 Å². The van der Waals surface area contributed by atoms with E-state index in [1.807, 2.05) is 12.2 Å². The molecule has 0 aliphatic carbocycles. The molecule has 1 heterocycles. The van der Waals surface area contributed by atoms with Crippen molar-refractivity contribution in [2.24, 2.45) is 15.8 Å². The zero-order valence-electron chi connectivity index (χ0n) is 11.2. The van der Waals surface area contributed by atoms with E-state index < -0.39 is 6.23 Å². The molecule has 0 aromatic rings. The molecule has 0 saturated carbocycles. The van der Waals surface area contributed by atoms with Crippen LogP contribution in [0, 0.1) is 10.8 Å². The summed E-state index contributed by atoms with van der Waals surface area (Å²) in [5, 5.41) is 9.85. The Labute approximate surface area is 98.8 Å². The fraction of sp³-hybridized carbons (Fsp3) is 0.643. The van der Waals surface area contributed by atoms with Crippen molar-refractivity contribution in [3.8, 4) is 0 Å². The van der Waals surface area contributed by atoms with Crippen molar-refractivity contribution in [3.63, 3.8) is 0 Å². The summed E-state index contributed by atoms with van der Waals surface area (Å²) in [6.45, 7) is 12.7. The van der Waals surface area contributed by atoms with E-state index in [1.54, 1.807) is 0 Å². The number of aliphatic hydroxyl groups excluding tert-OH is 1. The Morgan fingerprint density at radius 2 is 1.56 bits per heavy atom. The number of nitrogens with zero attached hydrogens (tertiary/aromatic N) is 1. The first-order valence-electron chi connectivity index (χ1n) is 5.77. The molecule has 16 heavy (non-hydrogen) atoms. The average Bonchev–Trinajstić information content (AvgIpc) is 2.24. The third-order valence-electron chi connectivity index (χ3n) is 2.66. The third-order valence-corrected chi connectivity index (χ3v) is 2.66. The lowest BCUT2D eigenvalue weighted by atomic mass is 9.84. The molecule has 0 spiro atoms. The van der Waals surface area contributed by atoms with Crippen molar-refractivity contribution in [1.29, 1.82) is 0 Å². The number of hydrogen-bond acceptors (Lipinski definition) is 2. The van der Waals surface area contributed by atoms with Crippen LogP contribution in [0.15, 0.2) is 28.8 Å². The van der Waals surface area contributed by atoms with Gasteiger partial charge in [-0.2, -0.15) is 0 Å². The predicted molar refractivity (Wildman–Crippen MR) is 69.6 cm³/mol. The van der Waals surface area contributed by atoms with Gasteiger partial charge < -0.3 is 5.11 Å². The number of hydrogen-bond donors (Lipinski definition) is 1. The van der Waals surface area contributed by atoms with Gasteiger partial charge in [-0.15, -0.1) is 0 Å². The Hall–Kier alpha value is -0.890. The third kappa shape index (κ3) is 3.31. The van der Waals surface area contributed by atoms with Gasteiger partial charge >= 0.3 is 0 Å². The van der Waals surface area contributed by atoms with E-state index in [0.717, 1.165) is 11.3 Å². The Bertz CT molecular complexity index is 314. The molecule has 1 aliphatic heterocycles. The molecule has 0 aromatic carbocycles. The number of aliphatic hydroxyl groups is 1. The normalized spacial score (nSPS) is 22.6. The summed E-state index contributed by atoms with van der Waals surface area (Å²) in [5.41, 5.74) is 2.08. The summed E-state index contributed by atoms with van der Waals surface area (Å²) in [6.07, 6.45) is 5.20. The van der Waals surface area contributed by atoms with E-state index in [2.05, 4.69) is 52.6 Å². The summed E-state index contributed by atoms with van der Waals surface area (Å²) in [7, 11) is 0. The van der Waals surface area contributed by atoms with E-state index in [4.69, 9.17) is 0 Å². The van der Waals surface area contributed by atoms with Gasteiger partial charge in [0.2, 0.25) is 0 Å². The van der Waals surface area contributed by atoms with Crippen molar-refractivity contribution in [3.05, 3.63) is 23.8 Å². The van der Waals surface area contributed by atoms with Crippen LogP contribution in [-0.2, 0) is 0 Å². The van der Waals surface area contributed by atoms with Crippen molar-refractivity contribution in [1.82, 2.24) is 0 Å². The molecule has 2 nitrogen and oxygen atoms in total. The van der Waals surface area contributed by atoms with Crippen LogP contribution in [0.5, 0.6) is 0 Å². The lowest BCUT2D eigenvalue weighted by Crippen LogP contribution is -2.19. The second-order valence-electron chi connectivity index (χ2n) is 6.38. The molecule has 0 fully saturated rings. The van der Waals surface area contributed by atoms with Crippen LogP contribution in [0.2, 0.25) is 0 Å². The smallest absolute Gasteiger partial charge is 0.165 e. The lowest BCUT2D eigenvalue weighted by Gasteiger charge is -2.20. The van der Waals surface area contributed by atoms with E-state index in [1.165, 1.54) is 0 Å². The van der Waals surface area contributed by atoms with E-state index in [9.17, 15) is 5.11 Å². The maximum atomic E-state index is 9.85. The van der Waals surface area contributed by atoms with Gasteiger partial charge in [-0.05, 0) is 23.1 Å². The molecule has 0 amide bonds. The van der Waals surface area contributed by atoms with Crippen molar-refractivity contribution >= 4 is 5.71 Å². The summed E-state index contributed by atoms with van der Waals surface area (Å²) < 4.78 is 0. The fourth-order valence-electron chi connectivity index (χ4n) is 1.55. The maximum absolute atomic E-state index is 9.85. The van der Waals surface area contributed by atoms with Gasteiger partial charge in [-0.1, -0.05) is 47.6 Å². The van der Waals surface area contributed by atoms with Gasteiger partial charge in [0.25, 0.3) is 0 Å². The minimum absolute atomic E-state index is 0.0291. The van der Waals surface area contributed by atoms with E-state index in [-0.39, 0.29) is 10.8 Å². The standard InChI is InChI=1S/C14H23NO/c1-13(2,3)10-7-8-11(14(4,5)6)15-12(16)9-10/h7-9,12,16H,1-6H3. The van der Waals surface area contributed by atoms with Gasteiger partial charge in [-0.3, -0.25) is 4.99 Å². The highest BCUT2D eigenvalue weighted by Crippen LogP contribution is 2.29. The van der Waals surface area contributed by atoms with Crippen molar-refractivity contribution in [2.75, 3.05) is 0 Å². The largest absolute Gasteiger partial charge is 0.368 e. The average molecular weight is 221 g/mol. The molecule has 1 aliphatic rings. The van der Waals surface area contributed by atoms with Crippen LogP contribution < -0.4 is 0 Å². The highest BCUT2D eigenvalue weighted by Gasteiger charge is 2.22. The monoisotopic (exact) mass is 221 g/mol. The zero-order chi connectivity index (χ0) is 12.6. The molecule has 0 aromatic heterocycles. The van der Waals surface area contributed by atoms with Crippen LogP contribution in [0.3, 0.4) is 0 Å². The maximum Gasteiger partial charge on any atom is 0.165 e. The molecule has 0 saturated heterocycles. The van der Waals surface area contributed by atoms with Gasteiger partial charge in [0.15, 0.2) is 6.23 Å². The van der Waals surface area contributed by atoms with Gasteiger partial charge in [0.1, 0.15) is 0 Å². The van der Waals surface area contributed by atoms with E-state index in [0.29, 0.717) is 0 Å². The molecule has 1 atom stereocenters. The van der Waals surface area contributed by atoms with Crippen LogP contribution in [0.25, 0.3) is 0 Å². The molecule has 0 radical (unpaired) electrons. The summed E-state index contributed by atoms with van der Waals surface area (Å²) in [4.78, 5) is 4.32. The molecule has 0 bridgehead atoms. The Morgan fingerprint density at radius 1 is 1.00 bits per heavy atom. The summed E-state index contributed by atoms with van der Waals surface area (Å²) in [5.74, 6) is 0. The van der Waals surface area contributed by atoms with Crippen LogP contribution in [0.4, 0.5) is 0 Å². The van der Waals surface area contributed by atoms with Gasteiger partial charge in [-0.25, -0.2) is 0 Å². The van der Waals surface area contributed by atoms with Crippen LogP contribution in [-0.4, -0.2) is 17.0 Å². The van der Waals surface area contributed by atoms with Crippen molar-refractivity contribution < 1.29 is 5.11 Å². The molecular weight excluding hydrogens is 198 g/mol. The number of allylic oxidation sites excluding steroid dienone is 3. The Balaban J connectivity index is 3.06. The molecule has 2 heteroatoms. The first-order valence-corrected chi connectivity index (χ1v) is 5.77. The topological polar surface area (TPSA) is 32.6 Å². The summed E-state index contributed by atoms with van der Waals surface area (Å²) in [6, 6.07) is 0. The molecule has 1 unspecified atom stereocenters. The molecule has 90 valence electrons. The summed E-state index contributed by atoms with van der Waals surface area (Å²) >= 11 is 0. The van der Waals surface area contributed by atoms with Gasteiger partial charge in [0, 0.05) is 11.1 Å². The zero-order valence-corrected chi connectivity index (χ0v) is 11.2. The minimum Gasteiger partial charge on any atom is -0.368 e. The quantitative estimate of drug-likeness (QED) is 0.668. The SMILES string of the molecule is CC(C)(C)C1=CC(O)N=C(C(C)(C)C)C=C1. The predicted octanol–water partition coefficient (Wildman–Crippen LogP) is 3.33.